The zero-order valence-electron chi connectivity index (χ0n) is 28.7. The Bertz CT molecular complexity index is 1160. The average Bonchev–Trinajstić information content (AvgIpc) is 3.54. The molecule has 4 N–H and O–H groups in total. The molecule has 244 valence electrons. The van der Waals surface area contributed by atoms with Crippen molar-refractivity contribution in [1.82, 2.24) is 0 Å². The standard InChI is InChI=1S/C38H63NO4/c1-32(2)24(30(40)41)21-25(32)31(42)43-28-13-14-35(6)26(33(28,3)4)12-15-37(8)27(35)10-9-23-29-22(34(5)17-18-34)11-16-38(29,39)20-19-36(23,37)7/h22-29,31,42H,9-21,39H2,1-8H3,(H,40,41)/t22-,23?,24+,25?,26+,27?,28?,29?,31?,35?,36-,37?,38?/m1/s1. The minimum Gasteiger partial charge on any atom is -0.481 e. The van der Waals surface area contributed by atoms with Crippen molar-refractivity contribution in [2.45, 2.75) is 157 Å². The van der Waals surface area contributed by atoms with Crippen LogP contribution in [0.4, 0.5) is 0 Å². The number of ether oxygens (including phenoxy) is 1. The van der Waals surface area contributed by atoms with Gasteiger partial charge in [0.15, 0.2) is 6.29 Å². The summed E-state index contributed by atoms with van der Waals surface area (Å²) in [5.41, 5.74) is 8.50. The molecule has 0 radical (unpaired) electrons. The van der Waals surface area contributed by atoms with Crippen LogP contribution in [0.3, 0.4) is 0 Å². The second-order valence-corrected chi connectivity index (χ2v) is 19.7. The molecule has 0 bridgehead atoms. The van der Waals surface area contributed by atoms with Gasteiger partial charge in [0.25, 0.3) is 0 Å². The monoisotopic (exact) mass is 597 g/mol. The quantitative estimate of drug-likeness (QED) is 0.279. The number of rotatable bonds is 5. The number of aliphatic carboxylic acids is 1. The van der Waals surface area contributed by atoms with Crippen LogP contribution in [-0.2, 0) is 9.53 Å². The maximum Gasteiger partial charge on any atom is 0.307 e. The second-order valence-electron chi connectivity index (χ2n) is 19.7. The van der Waals surface area contributed by atoms with E-state index < -0.39 is 23.6 Å². The average molecular weight is 598 g/mol. The minimum absolute atomic E-state index is 0.00241. The van der Waals surface area contributed by atoms with Crippen LogP contribution in [0.5, 0.6) is 0 Å². The van der Waals surface area contributed by atoms with E-state index in [4.69, 9.17) is 10.5 Å². The molecular weight excluding hydrogens is 534 g/mol. The van der Waals surface area contributed by atoms with E-state index >= 15 is 0 Å². The van der Waals surface area contributed by atoms with Crippen LogP contribution in [0.2, 0.25) is 0 Å². The van der Waals surface area contributed by atoms with Gasteiger partial charge in [0.2, 0.25) is 0 Å². The highest BCUT2D eigenvalue weighted by Gasteiger charge is 2.72. The molecule has 0 amide bonds. The van der Waals surface area contributed by atoms with Gasteiger partial charge in [-0.25, -0.2) is 0 Å². The molecule has 0 aliphatic heterocycles. The van der Waals surface area contributed by atoms with Crippen molar-refractivity contribution < 1.29 is 19.7 Å². The van der Waals surface area contributed by atoms with Gasteiger partial charge < -0.3 is 20.7 Å². The number of aliphatic hydroxyl groups is 1. The minimum atomic E-state index is -0.895. The number of nitrogens with two attached hydrogens (primary N) is 1. The lowest BCUT2D eigenvalue weighted by atomic mass is 9.32. The summed E-state index contributed by atoms with van der Waals surface area (Å²) < 4.78 is 6.59. The molecule has 0 aromatic rings. The maximum atomic E-state index is 11.7. The molecule has 43 heavy (non-hydrogen) atoms. The van der Waals surface area contributed by atoms with E-state index in [0.717, 1.165) is 24.7 Å². The second kappa shape index (κ2) is 9.24. The third kappa shape index (κ3) is 3.95. The van der Waals surface area contributed by atoms with Crippen LogP contribution < -0.4 is 5.73 Å². The van der Waals surface area contributed by atoms with Gasteiger partial charge in [-0.2, -0.15) is 0 Å². The summed E-state index contributed by atoms with van der Waals surface area (Å²) in [5.74, 6) is 2.31. The molecule has 7 rings (SSSR count). The highest BCUT2D eigenvalue weighted by Crippen LogP contribution is 2.77. The van der Waals surface area contributed by atoms with Gasteiger partial charge in [-0.15, -0.1) is 0 Å². The lowest BCUT2D eigenvalue weighted by Gasteiger charge is -2.73. The smallest absolute Gasteiger partial charge is 0.307 e. The van der Waals surface area contributed by atoms with E-state index in [2.05, 4.69) is 41.5 Å². The highest BCUT2D eigenvalue weighted by atomic mass is 16.6. The van der Waals surface area contributed by atoms with E-state index in [1.54, 1.807) is 0 Å². The predicted octanol–water partition coefficient (Wildman–Crippen LogP) is 8.03. The SMILES string of the molecule is CC1([C@@H]2CCC3(N)CC[C@]4(C)C(CCC5C6(C)CCC(OC(O)C7C[C@@H](C(=O)O)C7(C)C)C(C)(C)[C@@H]6CCC54C)C23)CC1. The first-order chi connectivity index (χ1) is 19.9. The van der Waals surface area contributed by atoms with Crippen molar-refractivity contribution in [3.05, 3.63) is 0 Å². The summed E-state index contributed by atoms with van der Waals surface area (Å²) in [6, 6.07) is 0. The third-order valence-electron chi connectivity index (χ3n) is 17.7. The van der Waals surface area contributed by atoms with E-state index in [-0.39, 0.29) is 28.4 Å². The summed E-state index contributed by atoms with van der Waals surface area (Å²) in [7, 11) is 0. The van der Waals surface area contributed by atoms with Crippen molar-refractivity contribution in [1.29, 1.82) is 0 Å². The number of hydrogen-bond acceptors (Lipinski definition) is 4. The molecule has 5 heteroatoms. The lowest BCUT2D eigenvalue weighted by Crippen LogP contribution is -2.68. The fourth-order valence-electron chi connectivity index (χ4n) is 14.3. The topological polar surface area (TPSA) is 92.8 Å². The van der Waals surface area contributed by atoms with Crippen LogP contribution in [0, 0.1) is 73.9 Å². The predicted molar refractivity (Wildman–Crippen MR) is 170 cm³/mol. The van der Waals surface area contributed by atoms with Gasteiger partial charge in [-0.1, -0.05) is 55.4 Å². The molecule has 0 spiro atoms. The Morgan fingerprint density at radius 1 is 0.744 bits per heavy atom. The largest absolute Gasteiger partial charge is 0.481 e. The molecule has 0 saturated heterocycles. The Kier molecular flexibility index (Phi) is 6.66. The number of aliphatic hydroxyl groups excluding tert-OH is 1. The van der Waals surface area contributed by atoms with Crippen LogP contribution in [0.1, 0.15) is 139 Å². The summed E-state index contributed by atoms with van der Waals surface area (Å²) in [6.07, 6.45) is 15.0. The fourth-order valence-corrected chi connectivity index (χ4v) is 14.3. The van der Waals surface area contributed by atoms with Crippen molar-refractivity contribution in [2.24, 2.45) is 79.6 Å². The van der Waals surface area contributed by atoms with Crippen LogP contribution in [0.25, 0.3) is 0 Å². The summed E-state index contributed by atoms with van der Waals surface area (Å²) in [5, 5.41) is 20.9. The van der Waals surface area contributed by atoms with Crippen molar-refractivity contribution in [3.8, 4) is 0 Å². The van der Waals surface area contributed by atoms with Crippen molar-refractivity contribution >= 4 is 5.97 Å². The molecule has 13 atom stereocenters. The summed E-state index contributed by atoms with van der Waals surface area (Å²) >= 11 is 0. The number of fused-ring (bicyclic) bond motifs is 7. The molecular formula is C38H63NO4. The Labute approximate surface area is 261 Å². The molecule has 9 unspecified atom stereocenters. The maximum absolute atomic E-state index is 11.7. The zero-order chi connectivity index (χ0) is 31.2. The molecule has 5 nitrogen and oxygen atoms in total. The van der Waals surface area contributed by atoms with Gasteiger partial charge in [0, 0.05) is 11.5 Å². The molecule has 0 aromatic heterocycles. The van der Waals surface area contributed by atoms with Gasteiger partial charge in [-0.3, -0.25) is 4.79 Å². The highest BCUT2D eigenvalue weighted by molar-refractivity contribution is 5.72. The lowest BCUT2D eigenvalue weighted by molar-refractivity contribution is -0.284. The Morgan fingerprint density at radius 2 is 1.44 bits per heavy atom. The van der Waals surface area contributed by atoms with E-state index in [9.17, 15) is 15.0 Å². The Hall–Kier alpha value is -0.650. The normalized spacial score (nSPS) is 54.7. The molecule has 7 fully saturated rings. The Balaban J connectivity index is 1.12. The number of carboxylic acids is 1. The first-order valence-electron chi connectivity index (χ1n) is 18.2. The zero-order valence-corrected chi connectivity index (χ0v) is 28.7. The molecule has 7 aliphatic rings. The van der Waals surface area contributed by atoms with Gasteiger partial charge in [0.05, 0.1) is 12.0 Å². The van der Waals surface area contributed by atoms with Gasteiger partial charge >= 0.3 is 5.97 Å². The molecule has 7 saturated carbocycles. The summed E-state index contributed by atoms with van der Waals surface area (Å²) in [4.78, 5) is 11.7. The Morgan fingerprint density at radius 3 is 2.07 bits per heavy atom. The van der Waals surface area contributed by atoms with E-state index in [1.807, 2.05) is 13.8 Å². The van der Waals surface area contributed by atoms with E-state index in [1.165, 1.54) is 64.2 Å². The number of carboxylic acid groups (broad SMARTS) is 1. The molecule has 0 aromatic carbocycles. The molecule has 0 heterocycles. The van der Waals surface area contributed by atoms with Crippen LogP contribution in [0.15, 0.2) is 0 Å². The van der Waals surface area contributed by atoms with Crippen LogP contribution in [-0.4, -0.2) is 34.1 Å². The van der Waals surface area contributed by atoms with Gasteiger partial charge in [0.1, 0.15) is 0 Å². The molecule has 7 aliphatic carbocycles. The van der Waals surface area contributed by atoms with Crippen molar-refractivity contribution in [3.63, 3.8) is 0 Å². The first-order valence-corrected chi connectivity index (χ1v) is 18.2. The van der Waals surface area contributed by atoms with E-state index in [0.29, 0.717) is 40.4 Å². The third-order valence-corrected chi connectivity index (χ3v) is 17.7. The van der Waals surface area contributed by atoms with Gasteiger partial charge in [-0.05, 0) is 146 Å². The first kappa shape index (κ1) is 31.0. The number of hydrogen-bond donors (Lipinski definition) is 3. The summed E-state index contributed by atoms with van der Waals surface area (Å²) in [6.45, 7) is 19.4. The number of carbonyl (C=O) groups is 1. The van der Waals surface area contributed by atoms with Crippen molar-refractivity contribution in [2.75, 3.05) is 0 Å². The fraction of sp³-hybridized carbons (Fsp3) is 0.974. The van der Waals surface area contributed by atoms with Crippen LogP contribution >= 0.6 is 0 Å².